The normalized spacial score (nSPS) is 20.4. The average molecular weight is 233 g/mol. The lowest BCUT2D eigenvalue weighted by atomic mass is 9.99. The predicted octanol–water partition coefficient (Wildman–Crippen LogP) is 2.12. The van der Waals surface area contributed by atoms with E-state index in [9.17, 15) is 13.2 Å². The van der Waals surface area contributed by atoms with Crippen LogP contribution < -0.4 is 10.5 Å². The molecule has 0 amide bonds. The highest BCUT2D eigenvalue weighted by molar-refractivity contribution is 5.38. The van der Waals surface area contributed by atoms with Crippen molar-refractivity contribution in [2.24, 2.45) is 5.73 Å². The molecule has 0 fully saturated rings. The van der Waals surface area contributed by atoms with Gasteiger partial charge in [-0.15, -0.1) is 13.2 Å². The van der Waals surface area contributed by atoms with E-state index >= 15 is 0 Å². The lowest BCUT2D eigenvalue weighted by molar-refractivity contribution is -0.274. The van der Waals surface area contributed by atoms with Gasteiger partial charge in [0.15, 0.2) is 0 Å². The molecule has 0 unspecified atom stereocenters. The van der Waals surface area contributed by atoms with Crippen molar-refractivity contribution in [1.82, 2.24) is 0 Å². The summed E-state index contributed by atoms with van der Waals surface area (Å²) < 4.78 is 44.9. The SMILES string of the molecule is N[C@@H]1COCc2cc(OC(F)(F)F)ccc21. The number of rotatable bonds is 1. The molecule has 0 aliphatic carbocycles. The van der Waals surface area contributed by atoms with Gasteiger partial charge in [-0.1, -0.05) is 6.07 Å². The van der Waals surface area contributed by atoms with Gasteiger partial charge >= 0.3 is 6.36 Å². The Balaban J connectivity index is 2.25. The molecule has 1 heterocycles. The minimum absolute atomic E-state index is 0.246. The Morgan fingerprint density at radius 2 is 2.12 bits per heavy atom. The zero-order valence-corrected chi connectivity index (χ0v) is 8.25. The molecule has 2 N–H and O–H groups in total. The van der Waals surface area contributed by atoms with Crippen LogP contribution in [0.25, 0.3) is 0 Å². The molecule has 16 heavy (non-hydrogen) atoms. The summed E-state index contributed by atoms with van der Waals surface area (Å²) in [5.74, 6) is -0.246. The fourth-order valence-electron chi connectivity index (χ4n) is 1.65. The number of hydrogen-bond donors (Lipinski definition) is 1. The zero-order chi connectivity index (χ0) is 11.8. The average Bonchev–Trinajstić information content (AvgIpc) is 2.15. The van der Waals surface area contributed by atoms with Gasteiger partial charge < -0.3 is 15.2 Å². The zero-order valence-electron chi connectivity index (χ0n) is 8.25. The molecular weight excluding hydrogens is 223 g/mol. The first-order valence-corrected chi connectivity index (χ1v) is 4.67. The van der Waals surface area contributed by atoms with Crippen molar-refractivity contribution in [1.29, 1.82) is 0 Å². The summed E-state index contributed by atoms with van der Waals surface area (Å²) in [7, 11) is 0. The Labute approximate surface area is 89.9 Å². The van der Waals surface area contributed by atoms with E-state index in [1.807, 2.05) is 0 Å². The van der Waals surface area contributed by atoms with Gasteiger partial charge in [-0.3, -0.25) is 0 Å². The van der Waals surface area contributed by atoms with E-state index in [0.717, 1.165) is 5.56 Å². The topological polar surface area (TPSA) is 44.5 Å². The molecular formula is C10H10F3NO2. The second-order valence-electron chi connectivity index (χ2n) is 3.53. The molecule has 88 valence electrons. The lowest BCUT2D eigenvalue weighted by Gasteiger charge is -2.23. The van der Waals surface area contributed by atoms with Crippen LogP contribution in [0.3, 0.4) is 0 Å². The number of fused-ring (bicyclic) bond motifs is 1. The largest absolute Gasteiger partial charge is 0.573 e. The van der Waals surface area contributed by atoms with Gasteiger partial charge in [-0.2, -0.15) is 0 Å². The summed E-state index contributed by atoms with van der Waals surface area (Å²) in [5, 5.41) is 0. The summed E-state index contributed by atoms with van der Waals surface area (Å²) >= 11 is 0. The van der Waals surface area contributed by atoms with E-state index in [0.29, 0.717) is 12.2 Å². The van der Waals surface area contributed by atoms with Crippen LogP contribution in [-0.2, 0) is 11.3 Å². The maximum atomic E-state index is 12.0. The van der Waals surface area contributed by atoms with E-state index in [1.54, 1.807) is 6.07 Å². The molecule has 1 aliphatic rings. The van der Waals surface area contributed by atoms with E-state index in [1.165, 1.54) is 12.1 Å². The maximum absolute atomic E-state index is 12.0. The van der Waals surface area contributed by atoms with Crippen LogP contribution in [0.2, 0.25) is 0 Å². The third-order valence-electron chi connectivity index (χ3n) is 2.30. The predicted molar refractivity (Wildman–Crippen MR) is 49.7 cm³/mol. The first kappa shape index (κ1) is 11.2. The van der Waals surface area contributed by atoms with Crippen LogP contribution in [0.15, 0.2) is 18.2 Å². The number of ether oxygens (including phenoxy) is 2. The first-order valence-electron chi connectivity index (χ1n) is 4.67. The van der Waals surface area contributed by atoms with Gasteiger partial charge in [0.05, 0.1) is 19.3 Å². The lowest BCUT2D eigenvalue weighted by Crippen LogP contribution is -2.24. The molecule has 1 atom stereocenters. The summed E-state index contributed by atoms with van der Waals surface area (Å²) in [6, 6.07) is 3.83. The number of alkyl halides is 3. The summed E-state index contributed by atoms with van der Waals surface area (Å²) in [4.78, 5) is 0. The molecule has 0 bridgehead atoms. The van der Waals surface area contributed by atoms with Crippen LogP contribution >= 0.6 is 0 Å². The van der Waals surface area contributed by atoms with Gasteiger partial charge in [-0.25, -0.2) is 0 Å². The Hall–Kier alpha value is -1.27. The van der Waals surface area contributed by atoms with Crippen LogP contribution in [0.5, 0.6) is 5.75 Å². The standard InChI is InChI=1S/C10H10F3NO2/c11-10(12,13)16-7-1-2-8-6(3-7)4-15-5-9(8)14/h1-3,9H,4-5,14H2/t9-/m1/s1. The molecule has 0 saturated heterocycles. The smallest absolute Gasteiger partial charge is 0.406 e. The maximum Gasteiger partial charge on any atom is 0.573 e. The van der Waals surface area contributed by atoms with Crippen molar-refractivity contribution >= 4 is 0 Å². The number of halogens is 3. The van der Waals surface area contributed by atoms with E-state index in [2.05, 4.69) is 4.74 Å². The highest BCUT2D eigenvalue weighted by Gasteiger charge is 2.31. The number of hydrogen-bond acceptors (Lipinski definition) is 3. The van der Waals surface area contributed by atoms with Gasteiger partial charge in [0.1, 0.15) is 5.75 Å². The van der Waals surface area contributed by atoms with E-state index < -0.39 is 6.36 Å². The molecule has 1 aliphatic heterocycles. The summed E-state index contributed by atoms with van der Waals surface area (Å²) in [5.41, 5.74) is 7.18. The van der Waals surface area contributed by atoms with Crippen molar-refractivity contribution in [3.05, 3.63) is 29.3 Å². The van der Waals surface area contributed by atoms with Crippen LogP contribution in [-0.4, -0.2) is 13.0 Å². The Bertz CT molecular complexity index is 392. The molecule has 1 aromatic rings. The molecule has 2 rings (SSSR count). The minimum Gasteiger partial charge on any atom is -0.406 e. The van der Waals surface area contributed by atoms with Gasteiger partial charge in [0.2, 0.25) is 0 Å². The fraction of sp³-hybridized carbons (Fsp3) is 0.400. The second kappa shape index (κ2) is 3.95. The highest BCUT2D eigenvalue weighted by atomic mass is 19.4. The van der Waals surface area contributed by atoms with Gasteiger partial charge in [0, 0.05) is 0 Å². The third-order valence-corrected chi connectivity index (χ3v) is 2.30. The number of nitrogens with two attached hydrogens (primary N) is 1. The molecule has 0 aromatic heterocycles. The Morgan fingerprint density at radius 1 is 1.38 bits per heavy atom. The highest BCUT2D eigenvalue weighted by Crippen LogP contribution is 2.29. The van der Waals surface area contributed by atoms with Crippen molar-refractivity contribution < 1.29 is 22.6 Å². The molecule has 3 nitrogen and oxygen atoms in total. The summed E-state index contributed by atoms with van der Waals surface area (Å²) in [6.45, 7) is 0.643. The Kier molecular flexibility index (Phi) is 2.77. The number of benzene rings is 1. The molecule has 0 saturated carbocycles. The van der Waals surface area contributed by atoms with Crippen molar-refractivity contribution in [2.75, 3.05) is 6.61 Å². The monoisotopic (exact) mass is 233 g/mol. The van der Waals surface area contributed by atoms with Crippen LogP contribution in [0.4, 0.5) is 13.2 Å². The van der Waals surface area contributed by atoms with Crippen LogP contribution in [0, 0.1) is 0 Å². The van der Waals surface area contributed by atoms with Crippen molar-refractivity contribution in [2.45, 2.75) is 19.0 Å². The Morgan fingerprint density at radius 3 is 2.81 bits per heavy atom. The van der Waals surface area contributed by atoms with Crippen molar-refractivity contribution in [3.8, 4) is 5.75 Å². The second-order valence-corrected chi connectivity index (χ2v) is 3.53. The van der Waals surface area contributed by atoms with E-state index in [-0.39, 0.29) is 18.4 Å². The molecule has 0 radical (unpaired) electrons. The van der Waals surface area contributed by atoms with Crippen LogP contribution in [0.1, 0.15) is 17.2 Å². The third kappa shape index (κ3) is 2.45. The molecule has 0 spiro atoms. The summed E-state index contributed by atoms with van der Waals surface area (Å²) in [6.07, 6.45) is -4.67. The quantitative estimate of drug-likeness (QED) is 0.808. The molecule has 1 aromatic carbocycles. The minimum atomic E-state index is -4.67. The van der Waals surface area contributed by atoms with Gasteiger partial charge in [0.25, 0.3) is 0 Å². The van der Waals surface area contributed by atoms with Gasteiger partial charge in [-0.05, 0) is 23.3 Å². The van der Waals surface area contributed by atoms with Crippen molar-refractivity contribution in [3.63, 3.8) is 0 Å². The van der Waals surface area contributed by atoms with E-state index in [4.69, 9.17) is 10.5 Å². The first-order chi connectivity index (χ1) is 7.46. The fourth-order valence-corrected chi connectivity index (χ4v) is 1.65. The molecule has 6 heteroatoms.